The zero-order valence-electron chi connectivity index (χ0n) is 5.05. The van der Waals surface area contributed by atoms with Crippen LogP contribution in [0.5, 0.6) is 0 Å². The highest BCUT2D eigenvalue weighted by Gasteiger charge is 1.99. The van der Waals surface area contributed by atoms with Crippen LogP contribution in [0.4, 0.5) is 0 Å². The molecule has 46 valence electrons. The Morgan fingerprint density at radius 2 is 2.22 bits per heavy atom. The van der Waals surface area contributed by atoms with E-state index in [-0.39, 0.29) is 0 Å². The Labute approximate surface area is 52.1 Å². The van der Waals surface area contributed by atoms with Crippen molar-refractivity contribution in [1.82, 2.24) is 0 Å². The van der Waals surface area contributed by atoms with Crippen LogP contribution in [0.15, 0.2) is 27.2 Å². The van der Waals surface area contributed by atoms with Crippen LogP contribution in [0.2, 0.25) is 0 Å². The molecule has 2 aromatic rings. The van der Waals surface area contributed by atoms with Crippen molar-refractivity contribution < 1.29 is 8.83 Å². The van der Waals surface area contributed by atoms with Gasteiger partial charge in [0.25, 0.3) is 0 Å². The van der Waals surface area contributed by atoms with Crippen LogP contribution in [0.3, 0.4) is 0 Å². The number of furan rings is 2. The maximum atomic E-state index is 5.21. The van der Waals surface area contributed by atoms with Gasteiger partial charge in [-0.1, -0.05) is 0 Å². The fraction of sp³-hybridized carbons (Fsp3) is 0.143. The normalized spacial score (nSPS) is 10.8. The van der Waals surface area contributed by atoms with Gasteiger partial charge >= 0.3 is 0 Å². The molecule has 0 saturated carbocycles. The molecule has 0 fully saturated rings. The van der Waals surface area contributed by atoms with E-state index in [1.165, 1.54) is 0 Å². The van der Waals surface area contributed by atoms with E-state index in [0.717, 1.165) is 16.9 Å². The first-order valence-electron chi connectivity index (χ1n) is 2.80. The second-order valence-corrected chi connectivity index (χ2v) is 2.01. The van der Waals surface area contributed by atoms with Gasteiger partial charge < -0.3 is 8.83 Å². The number of hydrogen-bond donors (Lipinski definition) is 0. The van der Waals surface area contributed by atoms with Crippen LogP contribution in [-0.4, -0.2) is 0 Å². The third kappa shape index (κ3) is 0.560. The molecule has 0 bridgehead atoms. The van der Waals surface area contributed by atoms with Crippen molar-refractivity contribution in [2.45, 2.75) is 6.92 Å². The Bertz CT molecular complexity index is 288. The Kier molecular flexibility index (Phi) is 0.730. The summed E-state index contributed by atoms with van der Waals surface area (Å²) in [4.78, 5) is 0. The Hall–Kier alpha value is -1.18. The average molecular weight is 122 g/mol. The van der Waals surface area contributed by atoms with Gasteiger partial charge in [-0.2, -0.15) is 0 Å². The predicted molar refractivity (Wildman–Crippen MR) is 33.2 cm³/mol. The van der Waals surface area contributed by atoms with E-state index >= 15 is 0 Å². The van der Waals surface area contributed by atoms with Crippen LogP contribution in [0.25, 0.3) is 11.2 Å². The van der Waals surface area contributed by atoms with Gasteiger partial charge in [0.1, 0.15) is 5.76 Å². The molecule has 2 nitrogen and oxygen atoms in total. The van der Waals surface area contributed by atoms with Gasteiger partial charge in [-0.05, 0) is 6.92 Å². The van der Waals surface area contributed by atoms with E-state index in [0.29, 0.717) is 0 Å². The van der Waals surface area contributed by atoms with Crippen molar-refractivity contribution in [3.05, 3.63) is 24.2 Å². The molecule has 0 N–H and O–H groups in total. The first kappa shape index (κ1) is 4.68. The summed E-state index contributed by atoms with van der Waals surface area (Å²) in [6, 6.07) is 3.68. The van der Waals surface area contributed by atoms with Gasteiger partial charge in [-0.3, -0.25) is 0 Å². The summed E-state index contributed by atoms with van der Waals surface area (Å²) in [6.45, 7) is 1.90. The minimum atomic E-state index is 0.826. The molecule has 0 aliphatic heterocycles. The van der Waals surface area contributed by atoms with Crippen LogP contribution in [-0.2, 0) is 0 Å². The molecule has 0 amide bonds. The minimum Gasteiger partial charge on any atom is -0.461 e. The lowest BCUT2D eigenvalue weighted by molar-refractivity contribution is 0.578. The predicted octanol–water partition coefficient (Wildman–Crippen LogP) is 2.33. The van der Waals surface area contributed by atoms with Crippen molar-refractivity contribution in [3.63, 3.8) is 0 Å². The summed E-state index contributed by atoms with van der Waals surface area (Å²) in [5.74, 6) is 0.893. The lowest BCUT2D eigenvalue weighted by atomic mass is 10.5. The minimum absolute atomic E-state index is 0.826. The molecule has 0 radical (unpaired) electrons. The van der Waals surface area contributed by atoms with E-state index < -0.39 is 0 Å². The molecule has 0 aliphatic rings. The highest BCUT2D eigenvalue weighted by Crippen LogP contribution is 2.18. The summed E-state index contributed by atoms with van der Waals surface area (Å²) in [5, 5.41) is 0. The zero-order chi connectivity index (χ0) is 6.27. The summed E-state index contributed by atoms with van der Waals surface area (Å²) in [7, 11) is 0. The fourth-order valence-corrected chi connectivity index (χ4v) is 0.886. The van der Waals surface area contributed by atoms with Crippen molar-refractivity contribution >= 4 is 11.2 Å². The van der Waals surface area contributed by atoms with Crippen molar-refractivity contribution in [2.24, 2.45) is 0 Å². The molecular formula is C7H6O2. The molecule has 2 heteroatoms. The second kappa shape index (κ2) is 1.41. The van der Waals surface area contributed by atoms with Gasteiger partial charge in [0, 0.05) is 12.1 Å². The van der Waals surface area contributed by atoms with Crippen molar-refractivity contribution in [2.75, 3.05) is 0 Å². The van der Waals surface area contributed by atoms with E-state index in [1.807, 2.05) is 19.1 Å². The smallest absolute Gasteiger partial charge is 0.172 e. The lowest BCUT2D eigenvalue weighted by Crippen LogP contribution is -1.51. The van der Waals surface area contributed by atoms with E-state index in [2.05, 4.69) is 0 Å². The van der Waals surface area contributed by atoms with E-state index in [1.54, 1.807) is 6.26 Å². The third-order valence-corrected chi connectivity index (χ3v) is 1.26. The van der Waals surface area contributed by atoms with Gasteiger partial charge in [-0.25, -0.2) is 0 Å². The second-order valence-electron chi connectivity index (χ2n) is 2.01. The van der Waals surface area contributed by atoms with Gasteiger partial charge in [-0.15, -0.1) is 0 Å². The van der Waals surface area contributed by atoms with Crippen molar-refractivity contribution in [3.8, 4) is 0 Å². The molecule has 9 heavy (non-hydrogen) atoms. The molecular weight excluding hydrogens is 116 g/mol. The molecule has 0 spiro atoms. The molecule has 0 saturated heterocycles. The molecule has 0 atom stereocenters. The van der Waals surface area contributed by atoms with Crippen LogP contribution in [0.1, 0.15) is 5.76 Å². The maximum Gasteiger partial charge on any atom is 0.172 e. The highest BCUT2D eigenvalue weighted by atomic mass is 16.4. The van der Waals surface area contributed by atoms with Gasteiger partial charge in [0.2, 0.25) is 0 Å². The van der Waals surface area contributed by atoms with Crippen LogP contribution in [0, 0.1) is 6.92 Å². The highest BCUT2D eigenvalue weighted by molar-refractivity contribution is 5.70. The SMILES string of the molecule is Cc1cc2occc2o1. The largest absolute Gasteiger partial charge is 0.461 e. The summed E-state index contributed by atoms with van der Waals surface area (Å²) >= 11 is 0. The quantitative estimate of drug-likeness (QED) is 0.536. The summed E-state index contributed by atoms with van der Waals surface area (Å²) < 4.78 is 10.3. The molecule has 2 rings (SSSR count). The Morgan fingerprint density at radius 1 is 1.33 bits per heavy atom. The Balaban J connectivity index is 2.92. The van der Waals surface area contributed by atoms with E-state index in [9.17, 15) is 0 Å². The third-order valence-electron chi connectivity index (χ3n) is 1.26. The van der Waals surface area contributed by atoms with Crippen LogP contribution >= 0.6 is 0 Å². The number of hydrogen-bond acceptors (Lipinski definition) is 2. The molecule has 0 aromatic carbocycles. The maximum absolute atomic E-state index is 5.21. The number of aryl methyl sites for hydroxylation is 1. The Morgan fingerprint density at radius 3 is 3.00 bits per heavy atom. The zero-order valence-corrected chi connectivity index (χ0v) is 5.05. The van der Waals surface area contributed by atoms with E-state index in [4.69, 9.17) is 8.83 Å². The molecule has 2 heterocycles. The molecule has 0 unspecified atom stereocenters. The first-order chi connectivity index (χ1) is 4.36. The summed E-state index contributed by atoms with van der Waals surface area (Å²) in [6.07, 6.45) is 1.62. The fourth-order valence-electron chi connectivity index (χ4n) is 0.886. The van der Waals surface area contributed by atoms with Gasteiger partial charge in [0.05, 0.1) is 6.26 Å². The lowest BCUT2D eigenvalue weighted by Gasteiger charge is -1.72. The number of fused-ring (bicyclic) bond motifs is 1. The standard InChI is InChI=1S/C7H6O2/c1-5-4-7-6(9-5)2-3-8-7/h2-4H,1H3. The number of rotatable bonds is 0. The molecule has 0 aliphatic carbocycles. The summed E-state index contributed by atoms with van der Waals surface area (Å²) in [5.41, 5.74) is 1.65. The van der Waals surface area contributed by atoms with Crippen molar-refractivity contribution in [1.29, 1.82) is 0 Å². The molecule has 2 aromatic heterocycles. The van der Waals surface area contributed by atoms with Gasteiger partial charge in [0.15, 0.2) is 11.2 Å². The monoisotopic (exact) mass is 122 g/mol. The average Bonchev–Trinajstić information content (AvgIpc) is 2.22. The van der Waals surface area contributed by atoms with Crippen LogP contribution < -0.4 is 0 Å². The first-order valence-corrected chi connectivity index (χ1v) is 2.80. The topological polar surface area (TPSA) is 26.3 Å².